The van der Waals surface area contributed by atoms with Gasteiger partial charge in [-0.3, -0.25) is 4.79 Å². The van der Waals surface area contributed by atoms with Crippen molar-refractivity contribution in [3.63, 3.8) is 0 Å². The van der Waals surface area contributed by atoms with E-state index in [1.54, 1.807) is 18.4 Å². The topological polar surface area (TPSA) is 80.0 Å². The molecule has 0 atom stereocenters. The number of nitrogens with one attached hydrogen (secondary N) is 2. The van der Waals surface area contributed by atoms with E-state index < -0.39 is 0 Å². The SMILES string of the molecule is CNc1nc(N)c(C(=O)NCc2ccc(Br)s2)s1. The first kappa shape index (κ1) is 13.3. The Bertz CT molecular complexity index is 566. The number of thiazole rings is 1. The number of rotatable bonds is 4. The normalized spacial score (nSPS) is 10.3. The zero-order valence-electron chi connectivity index (χ0n) is 9.49. The number of halogens is 1. The summed E-state index contributed by atoms with van der Waals surface area (Å²) in [7, 11) is 1.74. The van der Waals surface area contributed by atoms with Crippen molar-refractivity contribution in [1.29, 1.82) is 0 Å². The molecule has 0 aliphatic rings. The Morgan fingerprint density at radius 3 is 2.83 bits per heavy atom. The van der Waals surface area contributed by atoms with Crippen LogP contribution in [0.4, 0.5) is 10.9 Å². The lowest BCUT2D eigenvalue weighted by atomic mass is 10.4. The minimum atomic E-state index is -0.198. The molecule has 4 N–H and O–H groups in total. The number of nitrogens with two attached hydrogens (primary N) is 1. The lowest BCUT2D eigenvalue weighted by Crippen LogP contribution is -2.22. The van der Waals surface area contributed by atoms with E-state index in [0.717, 1.165) is 8.66 Å². The lowest BCUT2D eigenvalue weighted by molar-refractivity contribution is 0.0956. The maximum absolute atomic E-state index is 11.9. The number of carbonyl (C=O) groups is 1. The van der Waals surface area contributed by atoms with E-state index in [1.165, 1.54) is 11.3 Å². The summed E-state index contributed by atoms with van der Waals surface area (Å²) >= 11 is 6.21. The number of anilines is 2. The minimum absolute atomic E-state index is 0.198. The summed E-state index contributed by atoms with van der Waals surface area (Å²) < 4.78 is 1.04. The maximum atomic E-state index is 11.9. The smallest absolute Gasteiger partial charge is 0.265 e. The number of amides is 1. The highest BCUT2D eigenvalue weighted by Crippen LogP contribution is 2.25. The molecule has 2 aromatic rings. The number of aromatic nitrogens is 1. The number of carbonyl (C=O) groups excluding carboxylic acids is 1. The molecule has 2 heterocycles. The predicted octanol–water partition coefficient (Wildman–Crippen LogP) is 2.52. The van der Waals surface area contributed by atoms with Gasteiger partial charge in [-0.05, 0) is 28.1 Å². The van der Waals surface area contributed by atoms with Crippen LogP contribution in [0.5, 0.6) is 0 Å². The molecule has 0 unspecified atom stereocenters. The number of hydrogen-bond donors (Lipinski definition) is 3. The van der Waals surface area contributed by atoms with Crippen molar-refractivity contribution in [1.82, 2.24) is 10.3 Å². The van der Waals surface area contributed by atoms with E-state index in [2.05, 4.69) is 31.5 Å². The van der Waals surface area contributed by atoms with Gasteiger partial charge in [-0.15, -0.1) is 11.3 Å². The average Bonchev–Trinajstić information content (AvgIpc) is 2.92. The number of nitrogen functional groups attached to an aromatic ring is 1. The lowest BCUT2D eigenvalue weighted by Gasteiger charge is -2.01. The molecule has 0 aliphatic heterocycles. The van der Waals surface area contributed by atoms with E-state index in [1.807, 2.05) is 12.1 Å². The fourth-order valence-electron chi connectivity index (χ4n) is 1.30. The summed E-state index contributed by atoms with van der Waals surface area (Å²) in [4.78, 5) is 17.5. The fraction of sp³-hybridized carbons (Fsp3) is 0.200. The molecule has 18 heavy (non-hydrogen) atoms. The van der Waals surface area contributed by atoms with Gasteiger partial charge in [0.25, 0.3) is 5.91 Å². The second kappa shape index (κ2) is 5.68. The molecule has 0 saturated carbocycles. The highest BCUT2D eigenvalue weighted by atomic mass is 79.9. The number of thiophene rings is 1. The van der Waals surface area contributed by atoms with Crippen LogP contribution in [0.2, 0.25) is 0 Å². The molecule has 0 spiro atoms. The first-order chi connectivity index (χ1) is 8.60. The van der Waals surface area contributed by atoms with Gasteiger partial charge in [0.2, 0.25) is 0 Å². The van der Waals surface area contributed by atoms with Crippen LogP contribution >= 0.6 is 38.6 Å². The van der Waals surface area contributed by atoms with E-state index in [-0.39, 0.29) is 11.7 Å². The van der Waals surface area contributed by atoms with E-state index >= 15 is 0 Å². The third-order valence-corrected chi connectivity index (χ3v) is 4.84. The molecule has 1 amide bonds. The highest BCUT2D eigenvalue weighted by Gasteiger charge is 2.15. The van der Waals surface area contributed by atoms with Crippen LogP contribution in [0, 0.1) is 0 Å². The Morgan fingerprint density at radius 2 is 2.28 bits per heavy atom. The van der Waals surface area contributed by atoms with Gasteiger partial charge < -0.3 is 16.4 Å². The molecule has 0 aromatic carbocycles. The van der Waals surface area contributed by atoms with Crippen LogP contribution in [0.3, 0.4) is 0 Å². The Balaban J connectivity index is 2.01. The third-order valence-electron chi connectivity index (χ3n) is 2.13. The first-order valence-corrected chi connectivity index (χ1v) is 7.49. The van der Waals surface area contributed by atoms with Gasteiger partial charge in [-0.2, -0.15) is 0 Å². The van der Waals surface area contributed by atoms with Crippen molar-refractivity contribution in [2.24, 2.45) is 0 Å². The number of nitrogens with zero attached hydrogens (tertiary/aromatic N) is 1. The van der Waals surface area contributed by atoms with Crippen LogP contribution in [0.25, 0.3) is 0 Å². The summed E-state index contributed by atoms with van der Waals surface area (Å²) in [5.74, 6) is 0.0604. The van der Waals surface area contributed by atoms with Crippen LogP contribution in [0.15, 0.2) is 15.9 Å². The van der Waals surface area contributed by atoms with Crippen molar-refractivity contribution in [3.05, 3.63) is 25.7 Å². The van der Waals surface area contributed by atoms with Crippen LogP contribution in [-0.4, -0.2) is 17.9 Å². The van der Waals surface area contributed by atoms with Gasteiger partial charge in [0.15, 0.2) is 5.13 Å². The van der Waals surface area contributed by atoms with E-state index in [9.17, 15) is 4.79 Å². The van der Waals surface area contributed by atoms with Crippen LogP contribution in [-0.2, 0) is 6.54 Å². The minimum Gasteiger partial charge on any atom is -0.382 e. The van der Waals surface area contributed by atoms with Gasteiger partial charge in [0.05, 0.1) is 10.3 Å². The zero-order valence-corrected chi connectivity index (χ0v) is 12.7. The molecule has 0 bridgehead atoms. The summed E-state index contributed by atoms with van der Waals surface area (Å²) in [6.45, 7) is 0.487. The van der Waals surface area contributed by atoms with Gasteiger partial charge in [-0.1, -0.05) is 11.3 Å². The van der Waals surface area contributed by atoms with Crippen molar-refractivity contribution < 1.29 is 4.79 Å². The van der Waals surface area contributed by atoms with Gasteiger partial charge in [0, 0.05) is 11.9 Å². The summed E-state index contributed by atoms with van der Waals surface area (Å²) in [6.07, 6.45) is 0. The molecule has 96 valence electrons. The van der Waals surface area contributed by atoms with Gasteiger partial charge >= 0.3 is 0 Å². The second-order valence-corrected chi connectivity index (χ2v) is 6.92. The molecule has 5 nitrogen and oxygen atoms in total. The van der Waals surface area contributed by atoms with Crippen molar-refractivity contribution in [2.45, 2.75) is 6.54 Å². The highest BCUT2D eigenvalue weighted by molar-refractivity contribution is 9.11. The molecular formula is C10H11BrN4OS2. The predicted molar refractivity (Wildman–Crippen MR) is 79.3 cm³/mol. The maximum Gasteiger partial charge on any atom is 0.265 e. The molecule has 0 radical (unpaired) electrons. The Morgan fingerprint density at radius 1 is 1.50 bits per heavy atom. The van der Waals surface area contributed by atoms with Gasteiger partial charge in [-0.25, -0.2) is 4.98 Å². The fourth-order valence-corrected chi connectivity index (χ4v) is 3.47. The van der Waals surface area contributed by atoms with Crippen molar-refractivity contribution in [2.75, 3.05) is 18.1 Å². The second-order valence-electron chi connectivity index (χ2n) is 3.37. The molecule has 2 aromatic heterocycles. The Hall–Kier alpha value is -1.12. The van der Waals surface area contributed by atoms with Crippen LogP contribution < -0.4 is 16.4 Å². The van der Waals surface area contributed by atoms with Crippen molar-refractivity contribution >= 4 is 55.5 Å². The largest absolute Gasteiger partial charge is 0.382 e. The summed E-state index contributed by atoms with van der Waals surface area (Å²) in [6, 6.07) is 3.91. The van der Waals surface area contributed by atoms with Gasteiger partial charge in [0.1, 0.15) is 10.7 Å². The number of hydrogen-bond acceptors (Lipinski definition) is 6. The Kier molecular flexibility index (Phi) is 4.20. The summed E-state index contributed by atoms with van der Waals surface area (Å²) in [5.41, 5.74) is 5.68. The summed E-state index contributed by atoms with van der Waals surface area (Å²) in [5, 5.41) is 6.32. The molecule has 8 heteroatoms. The van der Waals surface area contributed by atoms with E-state index in [4.69, 9.17) is 5.73 Å². The Labute approximate surface area is 121 Å². The molecule has 2 rings (SSSR count). The first-order valence-electron chi connectivity index (χ1n) is 5.06. The zero-order chi connectivity index (χ0) is 13.1. The molecular weight excluding hydrogens is 336 g/mol. The van der Waals surface area contributed by atoms with Crippen LogP contribution in [0.1, 0.15) is 14.5 Å². The standard InChI is InChI=1S/C10H11BrN4OS2/c1-13-10-15-8(12)7(18-10)9(16)14-4-5-2-3-6(11)17-5/h2-3H,4,12H2,1H3,(H,13,15)(H,14,16). The monoisotopic (exact) mass is 346 g/mol. The average molecular weight is 347 g/mol. The molecule has 0 saturated heterocycles. The molecule has 0 fully saturated rings. The third kappa shape index (κ3) is 3.01. The quantitative estimate of drug-likeness (QED) is 0.794. The molecule has 0 aliphatic carbocycles. The van der Waals surface area contributed by atoms with Crippen molar-refractivity contribution in [3.8, 4) is 0 Å². The van der Waals surface area contributed by atoms with E-state index in [0.29, 0.717) is 16.6 Å².